The predicted octanol–water partition coefficient (Wildman–Crippen LogP) is 0.538. The molecule has 17 nitrogen and oxygen atoms in total. The largest absolute Gasteiger partial charge is 0.480 e. The molecular formula is C28H33N11O6. The number of benzene rings is 1. The van der Waals surface area contributed by atoms with Gasteiger partial charge in [-0.2, -0.15) is 4.98 Å². The monoisotopic (exact) mass is 619 g/mol. The van der Waals surface area contributed by atoms with E-state index in [1.54, 1.807) is 29.9 Å². The summed E-state index contributed by atoms with van der Waals surface area (Å²) < 4.78 is 1.64. The summed E-state index contributed by atoms with van der Waals surface area (Å²) in [5.74, 6) is -2.19. The van der Waals surface area contributed by atoms with E-state index in [0.29, 0.717) is 30.0 Å². The summed E-state index contributed by atoms with van der Waals surface area (Å²) >= 11 is 0. The van der Waals surface area contributed by atoms with Gasteiger partial charge in [0.15, 0.2) is 11.2 Å². The fourth-order valence-electron chi connectivity index (χ4n) is 4.22. The third-order valence-electron chi connectivity index (χ3n) is 6.59. The van der Waals surface area contributed by atoms with Crippen molar-refractivity contribution in [1.29, 1.82) is 0 Å². The molecule has 45 heavy (non-hydrogen) atoms. The lowest BCUT2D eigenvalue weighted by Gasteiger charge is -2.15. The van der Waals surface area contributed by atoms with Crippen molar-refractivity contribution >= 4 is 46.4 Å². The normalized spacial score (nSPS) is 11.6. The van der Waals surface area contributed by atoms with E-state index in [2.05, 4.69) is 46.2 Å². The Morgan fingerprint density at radius 2 is 1.82 bits per heavy atom. The number of carbonyl (C=O) groups excluding carboxylic acids is 3. The van der Waals surface area contributed by atoms with Crippen LogP contribution in [0.25, 0.3) is 11.2 Å². The van der Waals surface area contributed by atoms with Gasteiger partial charge in [-0.1, -0.05) is 5.21 Å². The number of anilines is 2. The third kappa shape index (κ3) is 9.63. The quantitative estimate of drug-likeness (QED) is 0.0938. The second-order valence-corrected chi connectivity index (χ2v) is 10.2. The number of aliphatic carboxylic acids is 1. The van der Waals surface area contributed by atoms with E-state index in [1.165, 1.54) is 18.3 Å². The van der Waals surface area contributed by atoms with Crippen LogP contribution in [0.5, 0.6) is 0 Å². The standard InChI is InChI=1S/C28H33N11O6/c1-16(40)4-2-3-11-39-15-20(37-38-39)14-31-22(41)10-9-21(27(44)45)34-25(42)17-5-7-18(8-6-17)30-12-19-13-32-24-23(33-19)26(43)36-28(29)35-24/h5-8,13,15,21,30H,2-4,9-12,14H2,1H3,(H,31,41)(H,34,42)(H,44,45)(H3,29,32,35,36,43)/t21-/m0/s1. The maximum atomic E-state index is 12.7. The Morgan fingerprint density at radius 3 is 2.56 bits per heavy atom. The Bertz CT molecular complexity index is 1740. The van der Waals surface area contributed by atoms with E-state index < -0.39 is 29.4 Å². The molecule has 0 saturated heterocycles. The first-order chi connectivity index (χ1) is 21.6. The number of aromatic nitrogens is 7. The van der Waals surface area contributed by atoms with Gasteiger partial charge in [-0.05, 0) is 50.5 Å². The van der Waals surface area contributed by atoms with Crippen LogP contribution in [0.4, 0.5) is 11.6 Å². The smallest absolute Gasteiger partial charge is 0.326 e. The van der Waals surface area contributed by atoms with E-state index in [1.807, 2.05) is 0 Å². The summed E-state index contributed by atoms with van der Waals surface area (Å²) in [6, 6.07) is 5.01. The molecule has 0 aliphatic heterocycles. The molecule has 0 unspecified atom stereocenters. The van der Waals surface area contributed by atoms with Crippen LogP contribution in [-0.4, -0.2) is 69.6 Å². The summed E-state index contributed by atoms with van der Waals surface area (Å²) in [7, 11) is 0. The number of ketones is 1. The van der Waals surface area contributed by atoms with Crippen molar-refractivity contribution in [2.75, 3.05) is 11.1 Å². The zero-order valence-corrected chi connectivity index (χ0v) is 24.4. The zero-order valence-electron chi connectivity index (χ0n) is 24.4. The van der Waals surface area contributed by atoms with Crippen molar-refractivity contribution in [3.63, 3.8) is 0 Å². The minimum atomic E-state index is -1.28. The molecule has 3 aromatic heterocycles. The van der Waals surface area contributed by atoms with Crippen LogP contribution in [0, 0.1) is 0 Å². The molecule has 236 valence electrons. The molecule has 4 aromatic rings. The number of fused-ring (bicyclic) bond motifs is 1. The SMILES string of the molecule is CC(=O)CCCCn1cc(CNC(=O)CC[C@H](NC(=O)c2ccc(NCc3cnc4nc(N)[nH]c(=O)c4n3)cc2)C(=O)O)nn1. The zero-order chi connectivity index (χ0) is 32.3. The molecule has 2 amide bonds. The van der Waals surface area contributed by atoms with Crippen LogP contribution in [-0.2, 0) is 34.0 Å². The summed E-state index contributed by atoms with van der Waals surface area (Å²) in [5.41, 5.74) is 7.07. The van der Waals surface area contributed by atoms with Crippen molar-refractivity contribution in [2.24, 2.45) is 0 Å². The number of nitrogens with two attached hydrogens (primary N) is 1. The third-order valence-corrected chi connectivity index (χ3v) is 6.59. The fourth-order valence-corrected chi connectivity index (χ4v) is 4.22. The van der Waals surface area contributed by atoms with Crippen molar-refractivity contribution in [1.82, 2.24) is 45.6 Å². The number of amides is 2. The number of rotatable bonds is 16. The minimum Gasteiger partial charge on any atom is -0.480 e. The Balaban J connectivity index is 1.21. The molecule has 3 heterocycles. The van der Waals surface area contributed by atoms with Gasteiger partial charge in [0.2, 0.25) is 11.9 Å². The van der Waals surface area contributed by atoms with Gasteiger partial charge in [-0.25, -0.2) is 14.8 Å². The number of H-pyrrole nitrogens is 1. The molecule has 0 fully saturated rings. The number of nitrogens with zero attached hydrogens (tertiary/aromatic N) is 6. The molecule has 4 rings (SSSR count). The highest BCUT2D eigenvalue weighted by molar-refractivity contribution is 5.97. The summed E-state index contributed by atoms with van der Waals surface area (Å²) in [6.45, 7) is 2.50. The van der Waals surface area contributed by atoms with Crippen LogP contribution < -0.4 is 27.2 Å². The first-order valence-electron chi connectivity index (χ1n) is 14.1. The molecule has 0 aliphatic carbocycles. The van der Waals surface area contributed by atoms with Gasteiger partial charge in [0.05, 0.1) is 31.2 Å². The second-order valence-electron chi connectivity index (χ2n) is 10.2. The van der Waals surface area contributed by atoms with E-state index in [0.717, 1.165) is 12.8 Å². The number of carbonyl (C=O) groups is 4. The average molecular weight is 620 g/mol. The molecule has 0 aliphatic rings. The van der Waals surface area contributed by atoms with Crippen LogP contribution in [0.2, 0.25) is 0 Å². The van der Waals surface area contributed by atoms with Crippen molar-refractivity contribution < 1.29 is 24.3 Å². The molecule has 0 spiro atoms. The van der Waals surface area contributed by atoms with Gasteiger partial charge >= 0.3 is 5.97 Å². The maximum absolute atomic E-state index is 12.7. The maximum Gasteiger partial charge on any atom is 0.326 e. The summed E-state index contributed by atoms with van der Waals surface area (Å²) in [4.78, 5) is 74.5. The van der Waals surface area contributed by atoms with E-state index in [4.69, 9.17) is 5.73 Å². The average Bonchev–Trinajstić information content (AvgIpc) is 3.47. The number of hydrogen-bond donors (Lipinski definition) is 6. The number of nitrogens with one attached hydrogen (secondary N) is 4. The first-order valence-corrected chi connectivity index (χ1v) is 14.1. The Morgan fingerprint density at radius 1 is 1.04 bits per heavy atom. The number of carboxylic acid groups (broad SMARTS) is 1. The fraction of sp³-hybridized carbons (Fsp3) is 0.357. The summed E-state index contributed by atoms with van der Waals surface area (Å²) in [6.07, 6.45) is 4.96. The predicted molar refractivity (Wildman–Crippen MR) is 161 cm³/mol. The number of Topliss-reactive ketones (excluding diaryl/α,β-unsaturated/α-hetero) is 1. The second kappa shape index (κ2) is 15.1. The summed E-state index contributed by atoms with van der Waals surface area (Å²) in [5, 5.41) is 25.8. The van der Waals surface area contributed by atoms with Crippen LogP contribution in [0.15, 0.2) is 41.5 Å². The highest BCUT2D eigenvalue weighted by atomic mass is 16.4. The lowest BCUT2D eigenvalue weighted by Crippen LogP contribution is -2.41. The van der Waals surface area contributed by atoms with Gasteiger partial charge in [0.25, 0.3) is 11.5 Å². The molecule has 1 atom stereocenters. The Kier molecular flexibility index (Phi) is 10.8. The minimum absolute atomic E-state index is 0.0546. The van der Waals surface area contributed by atoms with Crippen molar-refractivity contribution in [3.05, 3.63) is 64.0 Å². The number of hydrogen-bond acceptors (Lipinski definition) is 12. The van der Waals surface area contributed by atoms with Gasteiger partial charge < -0.3 is 31.6 Å². The Labute approximate surface area is 256 Å². The van der Waals surface area contributed by atoms with E-state index in [9.17, 15) is 29.1 Å². The molecule has 17 heteroatoms. The number of carboxylic acids is 1. The van der Waals surface area contributed by atoms with Gasteiger partial charge in [-0.15, -0.1) is 5.10 Å². The van der Waals surface area contributed by atoms with Crippen molar-refractivity contribution in [2.45, 2.75) is 64.7 Å². The highest BCUT2D eigenvalue weighted by Crippen LogP contribution is 2.12. The lowest BCUT2D eigenvalue weighted by molar-refractivity contribution is -0.139. The molecule has 0 bridgehead atoms. The van der Waals surface area contributed by atoms with E-state index >= 15 is 0 Å². The number of unbranched alkanes of at least 4 members (excludes halogenated alkanes) is 1. The molecule has 1 aromatic carbocycles. The van der Waals surface area contributed by atoms with Gasteiger partial charge in [0.1, 0.15) is 17.5 Å². The van der Waals surface area contributed by atoms with Gasteiger partial charge in [-0.3, -0.25) is 24.0 Å². The number of nitrogen functional groups attached to an aromatic ring is 1. The number of aryl methyl sites for hydroxylation is 1. The molecule has 0 saturated carbocycles. The molecular weight excluding hydrogens is 586 g/mol. The first kappa shape index (κ1) is 32.2. The topological polar surface area (TPSA) is 253 Å². The van der Waals surface area contributed by atoms with E-state index in [-0.39, 0.29) is 54.4 Å². The van der Waals surface area contributed by atoms with Crippen LogP contribution >= 0.6 is 0 Å². The van der Waals surface area contributed by atoms with Crippen LogP contribution in [0.1, 0.15) is 60.8 Å². The van der Waals surface area contributed by atoms with Gasteiger partial charge in [0, 0.05) is 30.6 Å². The van der Waals surface area contributed by atoms with Crippen molar-refractivity contribution in [3.8, 4) is 0 Å². The number of aromatic amines is 1. The lowest BCUT2D eigenvalue weighted by atomic mass is 10.1. The van der Waals surface area contributed by atoms with Crippen LogP contribution in [0.3, 0.4) is 0 Å². The Hall–Kier alpha value is -5.74. The molecule has 7 N–H and O–H groups in total. The molecule has 0 radical (unpaired) electrons. The highest BCUT2D eigenvalue weighted by Gasteiger charge is 2.22.